The van der Waals surface area contributed by atoms with Crippen molar-refractivity contribution < 1.29 is 14.3 Å². The fourth-order valence-corrected chi connectivity index (χ4v) is 2.92. The van der Waals surface area contributed by atoms with Gasteiger partial charge in [-0.1, -0.05) is 17.7 Å². The van der Waals surface area contributed by atoms with Gasteiger partial charge in [0.05, 0.1) is 0 Å². The fraction of sp³-hybridized carbons (Fsp3) is 0.375. The minimum Gasteiger partial charge on any atom is -0.481 e. The van der Waals surface area contributed by atoms with Crippen LogP contribution in [0.15, 0.2) is 24.3 Å². The molecule has 4 nitrogen and oxygen atoms in total. The molecule has 2 rings (SSSR count). The van der Waals surface area contributed by atoms with Crippen molar-refractivity contribution in [1.29, 1.82) is 0 Å². The summed E-state index contributed by atoms with van der Waals surface area (Å²) in [4.78, 5) is 24.8. The highest BCUT2D eigenvalue weighted by molar-refractivity contribution is 8.13. The Morgan fingerprint density at radius 3 is 2.81 bits per heavy atom. The van der Waals surface area contributed by atoms with Crippen molar-refractivity contribution in [1.82, 2.24) is 0 Å². The van der Waals surface area contributed by atoms with Crippen molar-refractivity contribution in [2.24, 2.45) is 5.92 Å². The Kier molecular flexibility index (Phi) is 5.29. The second kappa shape index (κ2) is 7.19. The average Bonchev–Trinajstić information content (AvgIpc) is 2.84. The molecule has 0 aliphatic carbocycles. The number of amides is 1. The summed E-state index contributed by atoms with van der Waals surface area (Å²) >= 11 is 1.28. The Labute approximate surface area is 128 Å². The van der Waals surface area contributed by atoms with Gasteiger partial charge in [0.1, 0.15) is 12.4 Å². The summed E-state index contributed by atoms with van der Waals surface area (Å²) in [6.07, 6.45) is 5.63. The van der Waals surface area contributed by atoms with E-state index in [1.807, 2.05) is 12.1 Å². The van der Waals surface area contributed by atoms with Gasteiger partial charge in [-0.25, -0.2) is 0 Å². The molecule has 0 N–H and O–H groups in total. The molecule has 1 fully saturated rings. The molecular formula is C16H17NO3S. The Hall–Kier alpha value is -1.93. The summed E-state index contributed by atoms with van der Waals surface area (Å²) in [5, 5.41) is 0.0934. The molecule has 1 aromatic rings. The van der Waals surface area contributed by atoms with Gasteiger partial charge in [0, 0.05) is 31.3 Å². The minimum absolute atomic E-state index is 0.0934. The summed E-state index contributed by atoms with van der Waals surface area (Å²) in [7, 11) is 0. The van der Waals surface area contributed by atoms with Gasteiger partial charge in [-0.2, -0.15) is 0 Å². The quantitative estimate of drug-likeness (QED) is 0.783. The maximum Gasteiger partial charge on any atom is 0.227 e. The molecular weight excluding hydrogens is 286 g/mol. The van der Waals surface area contributed by atoms with Crippen LogP contribution in [0.2, 0.25) is 0 Å². The molecule has 0 bridgehead atoms. The van der Waals surface area contributed by atoms with Gasteiger partial charge in [0.2, 0.25) is 5.91 Å². The number of ether oxygens (including phenoxy) is 1. The maximum absolute atomic E-state index is 12.1. The van der Waals surface area contributed by atoms with Gasteiger partial charge >= 0.3 is 0 Å². The molecule has 5 heteroatoms. The van der Waals surface area contributed by atoms with Crippen molar-refractivity contribution in [3.63, 3.8) is 0 Å². The standard InChI is InChI=1S/C16H17NO3S/c1-3-8-20-15-6-4-14(5-7-15)17-10-13(9-16(17)19)11-21-12(2)18/h1,4-7,13H,8-11H2,2H3. The topological polar surface area (TPSA) is 46.6 Å². The minimum atomic E-state index is 0.0934. The van der Waals surface area contributed by atoms with Crippen LogP contribution in [0.1, 0.15) is 13.3 Å². The summed E-state index contributed by atoms with van der Waals surface area (Å²) in [5.41, 5.74) is 0.850. The number of thioether (sulfide) groups is 1. The van der Waals surface area contributed by atoms with Gasteiger partial charge in [-0.3, -0.25) is 9.59 Å². The summed E-state index contributed by atoms with van der Waals surface area (Å²) in [6, 6.07) is 7.31. The molecule has 1 saturated heterocycles. The predicted octanol–water partition coefficient (Wildman–Crippen LogP) is 2.33. The first kappa shape index (κ1) is 15.5. The van der Waals surface area contributed by atoms with Gasteiger partial charge in [0.15, 0.2) is 5.12 Å². The van der Waals surface area contributed by atoms with Crippen LogP contribution in [-0.2, 0) is 9.59 Å². The second-order valence-corrected chi connectivity index (χ2v) is 6.06. The number of nitrogens with zero attached hydrogens (tertiary/aromatic N) is 1. The highest BCUT2D eigenvalue weighted by atomic mass is 32.2. The lowest BCUT2D eigenvalue weighted by atomic mass is 10.1. The third kappa shape index (κ3) is 4.27. The van der Waals surface area contributed by atoms with E-state index >= 15 is 0 Å². The lowest BCUT2D eigenvalue weighted by Gasteiger charge is -2.17. The number of carbonyl (C=O) groups is 2. The maximum atomic E-state index is 12.1. The van der Waals surface area contributed by atoms with Crippen LogP contribution < -0.4 is 9.64 Å². The molecule has 1 aliphatic rings. The first-order valence-corrected chi connectivity index (χ1v) is 7.68. The molecule has 1 heterocycles. The lowest BCUT2D eigenvalue weighted by Crippen LogP contribution is -2.24. The average molecular weight is 303 g/mol. The number of terminal acetylenes is 1. The van der Waals surface area contributed by atoms with Crippen LogP contribution in [0.5, 0.6) is 5.75 Å². The molecule has 1 unspecified atom stereocenters. The zero-order chi connectivity index (χ0) is 15.2. The third-order valence-electron chi connectivity index (χ3n) is 3.20. The zero-order valence-electron chi connectivity index (χ0n) is 11.9. The molecule has 1 amide bonds. The molecule has 21 heavy (non-hydrogen) atoms. The molecule has 1 atom stereocenters. The highest BCUT2D eigenvalue weighted by Gasteiger charge is 2.30. The third-order valence-corrected chi connectivity index (χ3v) is 4.24. The SMILES string of the molecule is C#CCOc1ccc(N2CC(CSC(C)=O)CC2=O)cc1. The van der Waals surface area contributed by atoms with Crippen LogP contribution in [0.4, 0.5) is 5.69 Å². The van der Waals surface area contributed by atoms with Gasteiger partial charge in [-0.15, -0.1) is 6.42 Å². The number of benzene rings is 1. The monoisotopic (exact) mass is 303 g/mol. The molecule has 1 aromatic carbocycles. The molecule has 110 valence electrons. The van der Waals surface area contributed by atoms with E-state index in [0.29, 0.717) is 24.5 Å². The van der Waals surface area contributed by atoms with Gasteiger partial charge in [-0.05, 0) is 30.2 Å². The summed E-state index contributed by atoms with van der Waals surface area (Å²) in [6.45, 7) is 2.43. The van der Waals surface area contributed by atoms with Gasteiger partial charge in [0.25, 0.3) is 0 Å². The van der Waals surface area contributed by atoms with E-state index < -0.39 is 0 Å². The summed E-state index contributed by atoms with van der Waals surface area (Å²) < 4.78 is 5.31. The van der Waals surface area contributed by atoms with E-state index in [1.165, 1.54) is 11.8 Å². The number of hydrogen-bond acceptors (Lipinski definition) is 4. The largest absolute Gasteiger partial charge is 0.481 e. The number of hydrogen-bond donors (Lipinski definition) is 0. The van der Waals surface area contributed by atoms with Crippen LogP contribution in [-0.4, -0.2) is 29.9 Å². The Morgan fingerprint density at radius 2 is 2.19 bits per heavy atom. The van der Waals surface area contributed by atoms with E-state index in [-0.39, 0.29) is 23.5 Å². The molecule has 0 saturated carbocycles. The van der Waals surface area contributed by atoms with Crippen LogP contribution in [0.3, 0.4) is 0 Å². The first-order valence-electron chi connectivity index (χ1n) is 6.70. The van der Waals surface area contributed by atoms with Crippen molar-refractivity contribution in [2.75, 3.05) is 23.8 Å². The Morgan fingerprint density at radius 1 is 1.48 bits per heavy atom. The van der Waals surface area contributed by atoms with Crippen LogP contribution in [0, 0.1) is 18.3 Å². The van der Waals surface area contributed by atoms with E-state index in [2.05, 4.69) is 5.92 Å². The lowest BCUT2D eigenvalue weighted by molar-refractivity contribution is -0.117. The second-order valence-electron chi connectivity index (χ2n) is 4.86. The molecule has 1 aliphatic heterocycles. The fourth-order valence-electron chi connectivity index (χ4n) is 2.23. The van der Waals surface area contributed by atoms with E-state index in [1.54, 1.807) is 24.0 Å². The predicted molar refractivity (Wildman–Crippen MR) is 84.4 cm³/mol. The van der Waals surface area contributed by atoms with Crippen molar-refractivity contribution >= 4 is 28.5 Å². The Bertz CT molecular complexity index is 562. The van der Waals surface area contributed by atoms with Crippen molar-refractivity contribution in [2.45, 2.75) is 13.3 Å². The zero-order valence-corrected chi connectivity index (χ0v) is 12.7. The first-order chi connectivity index (χ1) is 10.1. The van der Waals surface area contributed by atoms with Crippen molar-refractivity contribution in [3.05, 3.63) is 24.3 Å². The van der Waals surface area contributed by atoms with Crippen molar-refractivity contribution in [3.8, 4) is 18.1 Å². The normalized spacial score (nSPS) is 17.6. The molecule has 0 aromatic heterocycles. The number of carbonyl (C=O) groups excluding carboxylic acids is 2. The van der Waals surface area contributed by atoms with E-state index in [4.69, 9.17) is 11.2 Å². The Balaban J connectivity index is 1.97. The van der Waals surface area contributed by atoms with Gasteiger partial charge < -0.3 is 9.64 Å². The van der Waals surface area contributed by atoms with E-state index in [9.17, 15) is 9.59 Å². The molecule has 0 spiro atoms. The highest BCUT2D eigenvalue weighted by Crippen LogP contribution is 2.28. The summed E-state index contributed by atoms with van der Waals surface area (Å²) in [5.74, 6) is 4.11. The number of anilines is 1. The van der Waals surface area contributed by atoms with E-state index in [0.717, 1.165) is 5.69 Å². The van der Waals surface area contributed by atoms with Crippen LogP contribution in [0.25, 0.3) is 0 Å². The number of rotatable bonds is 5. The smallest absolute Gasteiger partial charge is 0.227 e. The van der Waals surface area contributed by atoms with Crippen LogP contribution >= 0.6 is 11.8 Å². The molecule has 0 radical (unpaired) electrons.